The van der Waals surface area contributed by atoms with Gasteiger partial charge in [0.1, 0.15) is 0 Å². The van der Waals surface area contributed by atoms with Gasteiger partial charge in [0.05, 0.1) is 10.2 Å². The SMILES string of the molecule is CC(=O)c1cnc2ccsc2c1. The molecule has 2 nitrogen and oxygen atoms in total. The number of ketones is 1. The van der Waals surface area contributed by atoms with Crippen LogP contribution in [0.4, 0.5) is 0 Å². The summed E-state index contributed by atoms with van der Waals surface area (Å²) in [6.45, 7) is 1.55. The Morgan fingerprint density at radius 3 is 3.17 bits per heavy atom. The second-order valence-corrected chi connectivity index (χ2v) is 3.53. The van der Waals surface area contributed by atoms with Crippen LogP contribution in [-0.2, 0) is 0 Å². The molecule has 0 radical (unpaired) electrons. The van der Waals surface area contributed by atoms with Crippen LogP contribution in [0.1, 0.15) is 17.3 Å². The summed E-state index contributed by atoms with van der Waals surface area (Å²) in [5.41, 5.74) is 1.65. The first-order chi connectivity index (χ1) is 5.77. The van der Waals surface area contributed by atoms with Gasteiger partial charge in [-0.2, -0.15) is 0 Å². The number of aromatic nitrogens is 1. The van der Waals surface area contributed by atoms with Crippen LogP contribution in [0.2, 0.25) is 0 Å². The number of pyridine rings is 1. The third-order valence-corrected chi connectivity index (χ3v) is 2.56. The number of fused-ring (bicyclic) bond motifs is 1. The summed E-state index contributed by atoms with van der Waals surface area (Å²) >= 11 is 1.60. The quantitative estimate of drug-likeness (QED) is 0.626. The van der Waals surface area contributed by atoms with Gasteiger partial charge in [0.25, 0.3) is 0 Å². The maximum absolute atomic E-state index is 11.0. The first-order valence-corrected chi connectivity index (χ1v) is 4.49. The summed E-state index contributed by atoms with van der Waals surface area (Å²) in [4.78, 5) is 15.1. The van der Waals surface area contributed by atoms with Crippen molar-refractivity contribution in [3.05, 3.63) is 29.3 Å². The number of thiophene rings is 1. The largest absolute Gasteiger partial charge is 0.294 e. The monoisotopic (exact) mass is 177 g/mol. The molecule has 0 aliphatic carbocycles. The minimum absolute atomic E-state index is 0.0674. The van der Waals surface area contributed by atoms with E-state index < -0.39 is 0 Å². The number of carbonyl (C=O) groups is 1. The summed E-state index contributed by atoms with van der Waals surface area (Å²) in [6.07, 6.45) is 1.62. The van der Waals surface area contributed by atoms with Crippen molar-refractivity contribution in [3.63, 3.8) is 0 Å². The molecule has 2 rings (SSSR count). The van der Waals surface area contributed by atoms with E-state index in [1.165, 1.54) is 0 Å². The molecule has 0 spiro atoms. The van der Waals surface area contributed by atoms with Gasteiger partial charge in [0, 0.05) is 11.8 Å². The van der Waals surface area contributed by atoms with Gasteiger partial charge in [-0.3, -0.25) is 9.78 Å². The minimum Gasteiger partial charge on any atom is -0.294 e. The molecule has 0 atom stereocenters. The van der Waals surface area contributed by atoms with Gasteiger partial charge in [-0.1, -0.05) is 0 Å². The first kappa shape index (κ1) is 7.43. The summed E-state index contributed by atoms with van der Waals surface area (Å²) < 4.78 is 1.07. The van der Waals surface area contributed by atoms with Crippen molar-refractivity contribution in [2.45, 2.75) is 6.92 Å². The standard InChI is InChI=1S/C9H7NOS/c1-6(11)7-4-9-8(10-5-7)2-3-12-9/h2-5H,1H3. The van der Waals surface area contributed by atoms with Crippen LogP contribution in [0.25, 0.3) is 10.2 Å². The molecule has 0 unspecified atom stereocenters. The molecular formula is C9H7NOS. The van der Waals surface area contributed by atoms with Crippen LogP contribution in [0.5, 0.6) is 0 Å². The van der Waals surface area contributed by atoms with E-state index >= 15 is 0 Å². The Bertz CT molecular complexity index is 433. The third-order valence-electron chi connectivity index (χ3n) is 1.71. The molecule has 0 N–H and O–H groups in total. The number of Topliss-reactive ketones (excluding diaryl/α,β-unsaturated/α-hetero) is 1. The Morgan fingerprint density at radius 1 is 1.58 bits per heavy atom. The zero-order valence-corrected chi connectivity index (χ0v) is 7.39. The van der Waals surface area contributed by atoms with Crippen LogP contribution >= 0.6 is 11.3 Å². The Morgan fingerprint density at radius 2 is 2.42 bits per heavy atom. The maximum atomic E-state index is 11.0. The average molecular weight is 177 g/mol. The smallest absolute Gasteiger partial charge is 0.161 e. The lowest BCUT2D eigenvalue weighted by Gasteiger charge is -1.93. The van der Waals surface area contributed by atoms with E-state index in [0.717, 1.165) is 10.2 Å². The van der Waals surface area contributed by atoms with Crippen molar-refractivity contribution in [1.29, 1.82) is 0 Å². The molecule has 2 heterocycles. The molecule has 2 aromatic rings. The summed E-state index contributed by atoms with van der Waals surface area (Å²) in [7, 11) is 0. The summed E-state index contributed by atoms with van der Waals surface area (Å²) in [5, 5.41) is 1.97. The van der Waals surface area contributed by atoms with Crippen LogP contribution in [-0.4, -0.2) is 10.8 Å². The molecule has 0 saturated carbocycles. The number of hydrogen-bond acceptors (Lipinski definition) is 3. The van der Waals surface area contributed by atoms with E-state index in [1.54, 1.807) is 24.5 Å². The summed E-state index contributed by atoms with van der Waals surface area (Å²) in [6, 6.07) is 3.83. The van der Waals surface area contributed by atoms with Gasteiger partial charge in [-0.05, 0) is 24.4 Å². The fourth-order valence-corrected chi connectivity index (χ4v) is 1.82. The lowest BCUT2D eigenvalue weighted by atomic mass is 10.2. The highest BCUT2D eigenvalue weighted by atomic mass is 32.1. The first-order valence-electron chi connectivity index (χ1n) is 3.61. The molecule has 0 fully saturated rings. The van der Waals surface area contributed by atoms with Crippen LogP contribution in [0.3, 0.4) is 0 Å². The van der Waals surface area contributed by atoms with Crippen molar-refractivity contribution in [3.8, 4) is 0 Å². The Kier molecular flexibility index (Phi) is 1.66. The maximum Gasteiger partial charge on any atom is 0.161 e. The highest BCUT2D eigenvalue weighted by Gasteiger charge is 2.01. The van der Waals surface area contributed by atoms with E-state index in [4.69, 9.17) is 0 Å². The predicted molar refractivity (Wildman–Crippen MR) is 49.6 cm³/mol. The zero-order valence-electron chi connectivity index (χ0n) is 6.57. The topological polar surface area (TPSA) is 30.0 Å². The molecule has 60 valence electrons. The van der Waals surface area contributed by atoms with Gasteiger partial charge < -0.3 is 0 Å². The van der Waals surface area contributed by atoms with Crippen molar-refractivity contribution in [2.75, 3.05) is 0 Å². The highest BCUT2D eigenvalue weighted by molar-refractivity contribution is 7.17. The van der Waals surface area contributed by atoms with E-state index in [-0.39, 0.29) is 5.78 Å². The minimum atomic E-state index is 0.0674. The fraction of sp³-hybridized carbons (Fsp3) is 0.111. The van der Waals surface area contributed by atoms with Crippen molar-refractivity contribution >= 4 is 27.3 Å². The van der Waals surface area contributed by atoms with E-state index in [2.05, 4.69) is 4.98 Å². The van der Waals surface area contributed by atoms with Gasteiger partial charge in [-0.15, -0.1) is 11.3 Å². The van der Waals surface area contributed by atoms with E-state index in [9.17, 15) is 4.79 Å². The van der Waals surface area contributed by atoms with E-state index in [1.807, 2.05) is 17.5 Å². The molecule has 12 heavy (non-hydrogen) atoms. The molecule has 0 bridgehead atoms. The molecule has 2 aromatic heterocycles. The second-order valence-electron chi connectivity index (χ2n) is 2.58. The van der Waals surface area contributed by atoms with Crippen LogP contribution in [0.15, 0.2) is 23.7 Å². The van der Waals surface area contributed by atoms with E-state index in [0.29, 0.717) is 5.56 Å². The predicted octanol–water partition coefficient (Wildman–Crippen LogP) is 2.50. The van der Waals surface area contributed by atoms with Crippen LogP contribution in [0, 0.1) is 0 Å². The van der Waals surface area contributed by atoms with Gasteiger partial charge in [0.2, 0.25) is 0 Å². The second kappa shape index (κ2) is 2.68. The molecule has 0 aliphatic heterocycles. The Hall–Kier alpha value is -1.22. The molecule has 0 saturated heterocycles. The Balaban J connectivity index is 2.68. The Labute approximate surface area is 73.9 Å². The normalized spacial score (nSPS) is 10.4. The molecule has 0 amide bonds. The fourth-order valence-electron chi connectivity index (χ4n) is 1.04. The zero-order chi connectivity index (χ0) is 8.55. The number of nitrogens with zero attached hydrogens (tertiary/aromatic N) is 1. The number of rotatable bonds is 1. The van der Waals surface area contributed by atoms with Gasteiger partial charge in [-0.25, -0.2) is 0 Å². The molecule has 0 aliphatic rings. The van der Waals surface area contributed by atoms with Gasteiger partial charge >= 0.3 is 0 Å². The van der Waals surface area contributed by atoms with Gasteiger partial charge in [0.15, 0.2) is 5.78 Å². The molecule has 3 heteroatoms. The average Bonchev–Trinajstić information content (AvgIpc) is 2.49. The van der Waals surface area contributed by atoms with Crippen molar-refractivity contribution in [1.82, 2.24) is 4.98 Å². The molecular weight excluding hydrogens is 170 g/mol. The molecule has 0 aromatic carbocycles. The highest BCUT2D eigenvalue weighted by Crippen LogP contribution is 2.19. The van der Waals surface area contributed by atoms with Crippen LogP contribution < -0.4 is 0 Å². The summed E-state index contributed by atoms with van der Waals surface area (Å²) in [5.74, 6) is 0.0674. The number of hydrogen-bond donors (Lipinski definition) is 0. The van der Waals surface area contributed by atoms with Crippen molar-refractivity contribution < 1.29 is 4.79 Å². The number of carbonyl (C=O) groups excluding carboxylic acids is 1. The third kappa shape index (κ3) is 1.12. The lowest BCUT2D eigenvalue weighted by Crippen LogP contribution is -1.91. The lowest BCUT2D eigenvalue weighted by molar-refractivity contribution is 0.101. The van der Waals surface area contributed by atoms with Crippen molar-refractivity contribution in [2.24, 2.45) is 0 Å².